The van der Waals surface area contributed by atoms with Gasteiger partial charge in [0.2, 0.25) is 0 Å². The number of benzene rings is 5. The van der Waals surface area contributed by atoms with Gasteiger partial charge in [-0.2, -0.15) is 0 Å². The molecule has 3 aliphatic carbocycles. The third kappa shape index (κ3) is 6.31. The summed E-state index contributed by atoms with van der Waals surface area (Å²) in [5.41, 5.74) is 21.7. The monoisotopic (exact) mass is 838 g/mol. The Kier molecular flexibility index (Phi) is 8.20. The second kappa shape index (κ2) is 13.2. The highest BCUT2D eigenvalue weighted by atomic mass is 15.2. The zero-order valence-electron chi connectivity index (χ0n) is 44.6. The zero-order chi connectivity index (χ0) is 47.9. The van der Waals surface area contributed by atoms with E-state index in [1.807, 2.05) is 12.1 Å². The molecule has 0 bridgehead atoms. The van der Waals surface area contributed by atoms with E-state index in [1.54, 1.807) is 0 Å². The molecule has 0 fully saturated rings. The lowest BCUT2D eigenvalue weighted by Gasteiger charge is -2.48. The molecule has 5 aromatic carbocycles. The highest BCUT2D eigenvalue weighted by Gasteiger charge is 2.48. The van der Waals surface area contributed by atoms with Gasteiger partial charge >= 0.3 is 0 Å². The first-order valence-electron chi connectivity index (χ1n) is 25.8. The lowest BCUT2D eigenvalue weighted by molar-refractivity contribution is 0.332. The molecule has 2 aliphatic heterocycles. The van der Waals surface area contributed by atoms with Crippen LogP contribution in [0.5, 0.6) is 0 Å². The number of fused-ring (bicyclic) bond motifs is 7. The highest BCUT2D eigenvalue weighted by Crippen LogP contribution is 2.54. The minimum Gasteiger partial charge on any atom is -0.311 e. The maximum absolute atomic E-state index is 9.16. The minimum absolute atomic E-state index is 0.00201. The van der Waals surface area contributed by atoms with Gasteiger partial charge in [0.1, 0.15) is 0 Å². The molecule has 2 heterocycles. The second-order valence-electron chi connectivity index (χ2n) is 25.7. The van der Waals surface area contributed by atoms with Crippen LogP contribution in [0.1, 0.15) is 197 Å². The van der Waals surface area contributed by atoms with Crippen molar-refractivity contribution in [2.45, 2.75) is 194 Å². The van der Waals surface area contributed by atoms with E-state index in [9.17, 15) is 0 Å². The average Bonchev–Trinajstić information content (AvgIpc) is 3.21. The molecule has 0 aromatic heterocycles. The molecule has 0 amide bonds. The minimum atomic E-state index is -2.34. The van der Waals surface area contributed by atoms with Crippen molar-refractivity contribution in [2.75, 3.05) is 9.80 Å². The fourth-order valence-electron chi connectivity index (χ4n) is 12.7. The lowest BCUT2D eigenvalue weighted by Crippen LogP contribution is -2.62. The first-order valence-corrected chi connectivity index (χ1v) is 24.3. The number of anilines is 6. The van der Waals surface area contributed by atoms with Crippen molar-refractivity contribution in [3.63, 3.8) is 0 Å². The Balaban J connectivity index is 1.37. The van der Waals surface area contributed by atoms with Crippen LogP contribution in [0, 0.1) is 13.8 Å². The molecule has 328 valence electrons. The summed E-state index contributed by atoms with van der Waals surface area (Å²) in [6, 6.07) is 28.6. The van der Waals surface area contributed by atoms with Crippen LogP contribution < -0.4 is 26.2 Å². The van der Waals surface area contributed by atoms with Crippen LogP contribution in [-0.2, 0) is 37.9 Å². The molecule has 0 radical (unpaired) electrons. The SMILES string of the molecule is [2H]C([2H])([2H])c1cc2c3c(c1)N(c1cc4c(cc1C)C(C)(C)CCC4(C)C)c1ccc(C(C)(C)C)cc1B3c1cc3c(cc1N2c1ccc2c(c1)C(C)(C)CCC2(C)C)C(C)(C)CCC3(C)C. The summed E-state index contributed by atoms with van der Waals surface area (Å²) in [6.45, 7) is 35.8. The Morgan fingerprint density at radius 1 is 0.460 bits per heavy atom. The van der Waals surface area contributed by atoms with Gasteiger partial charge in [-0.05, 0) is 199 Å². The molecular weight excluding hydrogens is 759 g/mol. The van der Waals surface area contributed by atoms with Gasteiger partial charge < -0.3 is 9.80 Å². The summed E-state index contributed by atoms with van der Waals surface area (Å²) in [6.07, 6.45) is 6.77. The fraction of sp³-hybridized carbons (Fsp3) is 0.500. The Bertz CT molecular complexity index is 2880. The van der Waals surface area contributed by atoms with Crippen molar-refractivity contribution < 1.29 is 4.11 Å². The molecule has 0 saturated heterocycles. The smallest absolute Gasteiger partial charge is 0.252 e. The van der Waals surface area contributed by atoms with E-state index in [4.69, 9.17) is 4.11 Å². The van der Waals surface area contributed by atoms with Gasteiger partial charge in [0.05, 0.1) is 0 Å². The van der Waals surface area contributed by atoms with Gasteiger partial charge in [-0.25, -0.2) is 0 Å². The van der Waals surface area contributed by atoms with Gasteiger partial charge in [0.15, 0.2) is 0 Å². The van der Waals surface area contributed by atoms with Crippen molar-refractivity contribution in [3.8, 4) is 0 Å². The van der Waals surface area contributed by atoms with Crippen LogP contribution in [0.15, 0.2) is 72.8 Å². The highest BCUT2D eigenvalue weighted by molar-refractivity contribution is 7.00. The standard InChI is InChI=1S/C60H75BN2/c1-36-28-51-53-52(29-36)63(49-34-44-41(30-37(49)2)56(8,9)24-26-59(44,14)15)48-21-18-38(54(3,4)5)31-46(48)61(53)47-33-43-45(60(16,17)27-25-58(43,12)13)35-50(47)62(51)39-19-20-40-42(32-39)57(10,11)23-22-55(40,6)7/h18-21,28-35H,22-27H2,1-17H3/i1D3. The number of hydrogen-bond donors (Lipinski definition) is 0. The summed E-state index contributed by atoms with van der Waals surface area (Å²) in [5.74, 6) is 0. The summed E-state index contributed by atoms with van der Waals surface area (Å²) < 4.78 is 27.5. The quantitative estimate of drug-likeness (QED) is 0.160. The normalized spacial score (nSPS) is 22.3. The van der Waals surface area contributed by atoms with E-state index in [0.29, 0.717) is 5.56 Å². The molecule has 0 spiro atoms. The van der Waals surface area contributed by atoms with E-state index in [0.717, 1.165) is 67.0 Å². The summed E-state index contributed by atoms with van der Waals surface area (Å²) in [7, 11) is 0. The average molecular weight is 838 g/mol. The summed E-state index contributed by atoms with van der Waals surface area (Å²) in [4.78, 5) is 4.98. The number of rotatable bonds is 2. The van der Waals surface area contributed by atoms with Crippen molar-refractivity contribution in [3.05, 3.63) is 123 Å². The van der Waals surface area contributed by atoms with Gasteiger partial charge in [-0.1, -0.05) is 134 Å². The Morgan fingerprint density at radius 2 is 0.921 bits per heavy atom. The largest absolute Gasteiger partial charge is 0.311 e. The molecule has 0 N–H and O–H groups in total. The van der Waals surface area contributed by atoms with Crippen LogP contribution in [-0.4, -0.2) is 6.71 Å². The van der Waals surface area contributed by atoms with Crippen molar-refractivity contribution in [2.24, 2.45) is 0 Å². The number of nitrogens with zero attached hydrogens (tertiary/aromatic N) is 2. The van der Waals surface area contributed by atoms with E-state index in [2.05, 4.69) is 181 Å². The maximum Gasteiger partial charge on any atom is 0.252 e. The predicted octanol–water partition coefficient (Wildman–Crippen LogP) is 14.7. The number of hydrogen-bond acceptors (Lipinski definition) is 2. The van der Waals surface area contributed by atoms with E-state index >= 15 is 0 Å². The summed E-state index contributed by atoms with van der Waals surface area (Å²) in [5, 5.41) is 0. The van der Waals surface area contributed by atoms with Crippen molar-refractivity contribution >= 4 is 57.2 Å². The van der Waals surface area contributed by atoms with Gasteiger partial charge in [0, 0.05) is 38.2 Å². The molecule has 5 aromatic rings. The first-order chi connectivity index (χ1) is 30.3. The predicted molar refractivity (Wildman–Crippen MR) is 274 cm³/mol. The molecule has 10 rings (SSSR count). The van der Waals surface area contributed by atoms with Crippen LogP contribution in [0.4, 0.5) is 34.1 Å². The molecular formula is C60H75BN2. The van der Waals surface area contributed by atoms with Gasteiger partial charge in [-0.3, -0.25) is 0 Å². The van der Waals surface area contributed by atoms with Crippen LogP contribution in [0.2, 0.25) is 0 Å². The van der Waals surface area contributed by atoms with E-state index < -0.39 is 6.85 Å². The fourth-order valence-corrected chi connectivity index (χ4v) is 12.7. The third-order valence-corrected chi connectivity index (χ3v) is 17.4. The molecule has 0 atom stereocenters. The molecule has 2 nitrogen and oxygen atoms in total. The molecule has 5 aliphatic rings. The van der Waals surface area contributed by atoms with Gasteiger partial charge in [0.25, 0.3) is 6.71 Å². The van der Waals surface area contributed by atoms with Crippen molar-refractivity contribution in [1.29, 1.82) is 0 Å². The molecule has 3 heteroatoms. The molecule has 63 heavy (non-hydrogen) atoms. The molecule has 0 saturated carbocycles. The zero-order valence-corrected chi connectivity index (χ0v) is 41.6. The second-order valence-corrected chi connectivity index (χ2v) is 25.7. The van der Waals surface area contributed by atoms with E-state index in [1.165, 1.54) is 66.6 Å². The third-order valence-electron chi connectivity index (χ3n) is 17.4. The van der Waals surface area contributed by atoms with E-state index in [-0.39, 0.29) is 44.6 Å². The lowest BCUT2D eigenvalue weighted by atomic mass is 9.33. The first kappa shape index (κ1) is 39.2. The van der Waals surface area contributed by atoms with Crippen LogP contribution in [0.25, 0.3) is 0 Å². The van der Waals surface area contributed by atoms with Crippen molar-refractivity contribution in [1.82, 2.24) is 0 Å². The Morgan fingerprint density at radius 3 is 1.46 bits per heavy atom. The number of aryl methyl sites for hydroxylation is 2. The topological polar surface area (TPSA) is 6.48 Å². The van der Waals surface area contributed by atoms with Crippen LogP contribution >= 0.6 is 0 Å². The molecule has 0 unspecified atom stereocenters. The van der Waals surface area contributed by atoms with Gasteiger partial charge in [-0.15, -0.1) is 0 Å². The Labute approximate surface area is 386 Å². The summed E-state index contributed by atoms with van der Waals surface area (Å²) >= 11 is 0. The maximum atomic E-state index is 9.16. The van der Waals surface area contributed by atoms with Crippen LogP contribution in [0.3, 0.4) is 0 Å². The Hall–Kier alpha value is -4.24.